The Morgan fingerprint density at radius 2 is 1.72 bits per heavy atom. The van der Waals surface area contributed by atoms with Gasteiger partial charge >= 0.3 is 0 Å². The molecule has 3 aromatic carbocycles. The summed E-state index contributed by atoms with van der Waals surface area (Å²) in [6.45, 7) is 3.40. The monoisotopic (exact) mass is 625 g/mol. The summed E-state index contributed by atoms with van der Waals surface area (Å²) in [6, 6.07) is 19.5. The maximum absolute atomic E-state index is 14.3. The Hall–Kier alpha value is -3.56. The third-order valence-electron chi connectivity index (χ3n) is 7.79. The molecule has 1 saturated carbocycles. The second-order valence-corrected chi connectivity index (χ2v) is 13.2. The first kappa shape index (κ1) is 32.4. The number of ether oxygens (including phenoxy) is 1. The second-order valence-electron chi connectivity index (χ2n) is 10.9. The van der Waals surface area contributed by atoms with E-state index in [1.54, 1.807) is 30.3 Å². The van der Waals surface area contributed by atoms with E-state index in [9.17, 15) is 18.0 Å². The molecule has 230 valence electrons. The van der Waals surface area contributed by atoms with Crippen molar-refractivity contribution in [3.63, 3.8) is 0 Å². The fraction of sp³-hybridized carbons (Fsp3) is 0.394. The number of carbonyl (C=O) groups is 2. The van der Waals surface area contributed by atoms with Crippen LogP contribution < -0.4 is 14.4 Å². The number of amides is 2. The summed E-state index contributed by atoms with van der Waals surface area (Å²) in [6.07, 6.45) is 5.45. The van der Waals surface area contributed by atoms with Crippen molar-refractivity contribution in [2.45, 2.75) is 75.9 Å². The van der Waals surface area contributed by atoms with Gasteiger partial charge < -0.3 is 15.0 Å². The molecule has 3 aromatic rings. The lowest BCUT2D eigenvalue weighted by Crippen LogP contribution is -2.54. The van der Waals surface area contributed by atoms with E-state index >= 15 is 0 Å². The molecule has 1 atom stereocenters. The molecule has 0 aromatic heterocycles. The first-order valence-corrected chi connectivity index (χ1v) is 16.5. The van der Waals surface area contributed by atoms with E-state index in [4.69, 9.17) is 16.3 Å². The zero-order chi connectivity index (χ0) is 31.0. The van der Waals surface area contributed by atoms with Gasteiger partial charge in [0, 0.05) is 17.6 Å². The number of hydrogen-bond donors (Lipinski definition) is 1. The van der Waals surface area contributed by atoms with Gasteiger partial charge in [0.05, 0.1) is 17.7 Å². The highest BCUT2D eigenvalue weighted by molar-refractivity contribution is 7.92. The van der Waals surface area contributed by atoms with E-state index in [2.05, 4.69) is 5.32 Å². The Morgan fingerprint density at radius 3 is 2.37 bits per heavy atom. The van der Waals surface area contributed by atoms with Gasteiger partial charge in [-0.15, -0.1) is 0 Å². The van der Waals surface area contributed by atoms with Crippen molar-refractivity contribution in [2.75, 3.05) is 18.0 Å². The van der Waals surface area contributed by atoms with Crippen LogP contribution in [-0.2, 0) is 26.2 Å². The number of nitrogens with one attached hydrogen (secondary N) is 1. The van der Waals surface area contributed by atoms with Crippen LogP contribution in [0.15, 0.2) is 77.7 Å². The molecule has 1 N–H and O–H groups in total. The van der Waals surface area contributed by atoms with Crippen molar-refractivity contribution < 1.29 is 22.7 Å². The molecular weight excluding hydrogens is 586 g/mol. The second kappa shape index (κ2) is 14.8. The van der Waals surface area contributed by atoms with Gasteiger partial charge in [0.2, 0.25) is 11.8 Å². The Bertz CT molecular complexity index is 1510. The summed E-state index contributed by atoms with van der Waals surface area (Å²) in [4.78, 5) is 29.5. The summed E-state index contributed by atoms with van der Waals surface area (Å²) in [5, 5.41) is 3.45. The van der Waals surface area contributed by atoms with Crippen LogP contribution in [0.4, 0.5) is 5.69 Å². The summed E-state index contributed by atoms with van der Waals surface area (Å²) in [5.41, 5.74) is 1.99. The maximum Gasteiger partial charge on any atom is 0.264 e. The van der Waals surface area contributed by atoms with Crippen molar-refractivity contribution in [1.29, 1.82) is 0 Å². The van der Waals surface area contributed by atoms with Crippen molar-refractivity contribution in [2.24, 2.45) is 0 Å². The molecule has 0 aliphatic heterocycles. The van der Waals surface area contributed by atoms with Crippen molar-refractivity contribution in [1.82, 2.24) is 10.2 Å². The minimum absolute atomic E-state index is 0.0112. The highest BCUT2D eigenvalue weighted by atomic mass is 35.5. The largest absolute Gasteiger partial charge is 0.495 e. The van der Waals surface area contributed by atoms with E-state index < -0.39 is 28.5 Å². The lowest BCUT2D eigenvalue weighted by molar-refractivity contribution is -0.140. The standard InChI is InChI=1S/C33H40ClN3O5S/c1-4-29(33(39)35-27-14-7-5-8-15-27)36(22-25-13-11-12-24(2)20-25)32(38)23-37(30-21-26(34)18-19-31(30)42-3)43(40,41)28-16-9-6-10-17-28/h6,9-13,16-21,27,29H,4-5,7-8,14-15,22-23H2,1-3H3,(H,35,39)/t29-/m1/s1. The van der Waals surface area contributed by atoms with Gasteiger partial charge in [-0.1, -0.05) is 85.8 Å². The zero-order valence-corrected chi connectivity index (χ0v) is 26.5. The first-order valence-electron chi connectivity index (χ1n) is 14.7. The number of sulfonamides is 1. The quantitative estimate of drug-likeness (QED) is 0.262. The SMILES string of the molecule is CC[C@H](C(=O)NC1CCCCC1)N(Cc1cccc(C)c1)C(=O)CN(c1cc(Cl)ccc1OC)S(=O)(=O)c1ccccc1. The fourth-order valence-electron chi connectivity index (χ4n) is 5.56. The van der Waals surface area contributed by atoms with Gasteiger partial charge in [0.15, 0.2) is 0 Å². The highest BCUT2D eigenvalue weighted by Gasteiger charge is 2.35. The van der Waals surface area contributed by atoms with Crippen molar-refractivity contribution in [3.05, 3.63) is 88.9 Å². The first-order chi connectivity index (χ1) is 20.6. The lowest BCUT2D eigenvalue weighted by atomic mass is 9.95. The number of hydrogen-bond acceptors (Lipinski definition) is 5. The van der Waals surface area contributed by atoms with Crippen molar-refractivity contribution in [3.8, 4) is 5.75 Å². The highest BCUT2D eigenvalue weighted by Crippen LogP contribution is 2.35. The van der Waals surface area contributed by atoms with E-state index in [0.29, 0.717) is 6.42 Å². The number of rotatable bonds is 12. The smallest absolute Gasteiger partial charge is 0.264 e. The topological polar surface area (TPSA) is 96.0 Å². The Labute approximate surface area is 260 Å². The summed E-state index contributed by atoms with van der Waals surface area (Å²) in [7, 11) is -2.82. The van der Waals surface area contributed by atoms with E-state index in [-0.39, 0.29) is 39.8 Å². The number of nitrogens with zero attached hydrogens (tertiary/aromatic N) is 2. The number of benzene rings is 3. The number of anilines is 1. The Morgan fingerprint density at radius 1 is 1.00 bits per heavy atom. The third kappa shape index (κ3) is 8.09. The lowest BCUT2D eigenvalue weighted by Gasteiger charge is -2.34. The van der Waals surface area contributed by atoms with E-state index in [0.717, 1.165) is 47.5 Å². The Kier molecular flexibility index (Phi) is 11.1. The van der Waals surface area contributed by atoms with Crippen LogP contribution in [0.25, 0.3) is 0 Å². The van der Waals surface area contributed by atoms with Gasteiger partial charge in [-0.05, 0) is 62.1 Å². The van der Waals surface area contributed by atoms with Gasteiger partial charge in [0.1, 0.15) is 18.3 Å². The fourth-order valence-corrected chi connectivity index (χ4v) is 7.17. The molecule has 4 rings (SSSR count). The van der Waals surface area contributed by atoms with Gasteiger partial charge in [-0.3, -0.25) is 13.9 Å². The average Bonchev–Trinajstić information content (AvgIpc) is 3.00. The van der Waals surface area contributed by atoms with E-state index in [1.165, 1.54) is 30.2 Å². The van der Waals surface area contributed by atoms with Crippen LogP contribution in [0.3, 0.4) is 0 Å². The average molecular weight is 626 g/mol. The predicted molar refractivity (Wildman–Crippen MR) is 170 cm³/mol. The molecule has 2 amide bonds. The van der Waals surface area contributed by atoms with E-state index in [1.807, 2.05) is 38.1 Å². The Balaban J connectivity index is 1.75. The van der Waals surface area contributed by atoms with Gasteiger partial charge in [-0.25, -0.2) is 8.42 Å². The molecule has 1 fully saturated rings. The molecule has 1 aliphatic carbocycles. The van der Waals surface area contributed by atoms with Gasteiger partial charge in [-0.2, -0.15) is 0 Å². The molecule has 0 radical (unpaired) electrons. The van der Waals surface area contributed by atoms with Crippen LogP contribution in [0.1, 0.15) is 56.6 Å². The molecule has 8 nitrogen and oxygen atoms in total. The zero-order valence-electron chi connectivity index (χ0n) is 25.0. The number of halogens is 1. The molecule has 0 unspecified atom stereocenters. The minimum atomic E-state index is -4.24. The summed E-state index contributed by atoms with van der Waals surface area (Å²) < 4.78 is 34.7. The molecule has 0 saturated heterocycles. The van der Waals surface area contributed by atoms with Gasteiger partial charge in [0.25, 0.3) is 10.0 Å². The maximum atomic E-state index is 14.3. The number of methoxy groups -OCH3 is 1. The van der Waals surface area contributed by atoms with Crippen LogP contribution in [0.5, 0.6) is 5.75 Å². The van der Waals surface area contributed by atoms with Crippen LogP contribution in [0.2, 0.25) is 5.02 Å². The molecule has 0 bridgehead atoms. The minimum Gasteiger partial charge on any atom is -0.495 e. The summed E-state index contributed by atoms with van der Waals surface area (Å²) >= 11 is 6.32. The molecule has 0 heterocycles. The number of aryl methyl sites for hydroxylation is 1. The normalized spacial score (nSPS) is 14.5. The predicted octanol–water partition coefficient (Wildman–Crippen LogP) is 6.11. The van der Waals surface area contributed by atoms with Crippen LogP contribution in [-0.4, -0.2) is 50.9 Å². The third-order valence-corrected chi connectivity index (χ3v) is 9.80. The van der Waals surface area contributed by atoms with Crippen LogP contribution in [0, 0.1) is 6.92 Å². The number of carbonyl (C=O) groups excluding carboxylic acids is 2. The van der Waals surface area contributed by atoms with Crippen molar-refractivity contribution >= 4 is 39.1 Å². The summed E-state index contributed by atoms with van der Waals surface area (Å²) in [5.74, 6) is -0.508. The molecule has 0 spiro atoms. The molecular formula is C33H40ClN3O5S. The van der Waals surface area contributed by atoms with Crippen LogP contribution >= 0.6 is 11.6 Å². The molecule has 43 heavy (non-hydrogen) atoms. The molecule has 10 heteroatoms. The molecule has 1 aliphatic rings.